The van der Waals surface area contributed by atoms with E-state index in [0.717, 1.165) is 12.8 Å². The van der Waals surface area contributed by atoms with E-state index in [2.05, 4.69) is 15.2 Å². The van der Waals surface area contributed by atoms with E-state index in [1.54, 1.807) is 35.9 Å². The van der Waals surface area contributed by atoms with Gasteiger partial charge in [-0.25, -0.2) is 8.78 Å². The molecule has 1 atom stereocenters. The number of hydrogen-bond donors (Lipinski definition) is 0. The first-order valence-corrected chi connectivity index (χ1v) is 9.86. The fourth-order valence-corrected chi connectivity index (χ4v) is 4.01. The molecule has 1 unspecified atom stereocenters. The number of halogens is 4. The number of benzene rings is 1. The van der Waals surface area contributed by atoms with Crippen LogP contribution in [0.4, 0.5) is 17.6 Å². The minimum absolute atomic E-state index is 0.0686. The lowest BCUT2D eigenvalue weighted by Crippen LogP contribution is -2.16. The molecule has 1 fully saturated rings. The standard InChI is InChI=1S/C19H16F4N4O2S/c1-28-11-6-4-10(5-7-11)18-25-26-19(27(18)9-12-3-2-8-29-12)30-15-13(20)16(22)24-17(23)14(15)21/h4-7,12H,2-3,8-9H2,1H3. The Hall–Kier alpha value is -2.66. The first kappa shape index (κ1) is 20.6. The van der Waals surface area contributed by atoms with Crippen LogP contribution in [0, 0.1) is 23.5 Å². The van der Waals surface area contributed by atoms with Crippen LogP contribution in [0.1, 0.15) is 12.8 Å². The van der Waals surface area contributed by atoms with E-state index < -0.39 is 28.4 Å². The molecule has 11 heteroatoms. The van der Waals surface area contributed by atoms with Crippen molar-refractivity contribution in [3.8, 4) is 17.1 Å². The lowest BCUT2D eigenvalue weighted by molar-refractivity contribution is 0.0953. The Kier molecular flexibility index (Phi) is 5.91. The molecule has 0 aliphatic carbocycles. The van der Waals surface area contributed by atoms with Crippen molar-refractivity contribution >= 4 is 11.8 Å². The van der Waals surface area contributed by atoms with Crippen LogP contribution in [0.5, 0.6) is 5.75 Å². The van der Waals surface area contributed by atoms with Crippen LogP contribution < -0.4 is 4.74 Å². The van der Waals surface area contributed by atoms with Gasteiger partial charge in [-0.15, -0.1) is 10.2 Å². The molecule has 2 aromatic heterocycles. The van der Waals surface area contributed by atoms with Crippen LogP contribution in [0.3, 0.4) is 0 Å². The Morgan fingerprint density at radius 3 is 2.40 bits per heavy atom. The number of aromatic nitrogens is 4. The van der Waals surface area contributed by atoms with Gasteiger partial charge in [0.05, 0.1) is 24.7 Å². The van der Waals surface area contributed by atoms with Gasteiger partial charge in [0.2, 0.25) is 0 Å². The normalized spacial score (nSPS) is 16.2. The van der Waals surface area contributed by atoms with Gasteiger partial charge in [0.1, 0.15) is 5.75 Å². The number of hydrogen-bond acceptors (Lipinski definition) is 6. The van der Waals surface area contributed by atoms with E-state index in [4.69, 9.17) is 9.47 Å². The SMILES string of the molecule is COc1ccc(-c2nnc(Sc3c(F)c(F)nc(F)c3F)n2CC2CCCO2)cc1. The lowest BCUT2D eigenvalue weighted by atomic mass is 10.2. The van der Waals surface area contributed by atoms with Crippen molar-refractivity contribution in [2.75, 3.05) is 13.7 Å². The molecule has 158 valence electrons. The highest BCUT2D eigenvalue weighted by atomic mass is 32.2. The molecular weight excluding hydrogens is 424 g/mol. The molecule has 6 nitrogen and oxygen atoms in total. The molecule has 0 N–H and O–H groups in total. The highest BCUT2D eigenvalue weighted by Gasteiger charge is 2.26. The zero-order valence-corrected chi connectivity index (χ0v) is 16.6. The molecule has 4 rings (SSSR count). The van der Waals surface area contributed by atoms with Gasteiger partial charge < -0.3 is 9.47 Å². The van der Waals surface area contributed by atoms with E-state index in [-0.39, 0.29) is 11.3 Å². The van der Waals surface area contributed by atoms with Crippen molar-refractivity contribution in [1.29, 1.82) is 0 Å². The van der Waals surface area contributed by atoms with Crippen molar-refractivity contribution in [1.82, 2.24) is 19.7 Å². The molecular formula is C19H16F4N4O2S. The molecule has 1 saturated heterocycles. The monoisotopic (exact) mass is 440 g/mol. The highest BCUT2D eigenvalue weighted by Crippen LogP contribution is 2.35. The van der Waals surface area contributed by atoms with Crippen LogP contribution in [0.15, 0.2) is 34.3 Å². The average molecular weight is 440 g/mol. The Morgan fingerprint density at radius 2 is 1.80 bits per heavy atom. The Labute approximate surface area is 173 Å². The van der Waals surface area contributed by atoms with Gasteiger partial charge in [0, 0.05) is 12.2 Å². The van der Waals surface area contributed by atoms with Crippen molar-refractivity contribution in [2.24, 2.45) is 0 Å². The summed E-state index contributed by atoms with van der Waals surface area (Å²) >= 11 is 0.441. The lowest BCUT2D eigenvalue weighted by Gasteiger charge is -2.15. The molecule has 3 heterocycles. The fraction of sp³-hybridized carbons (Fsp3) is 0.316. The highest BCUT2D eigenvalue weighted by molar-refractivity contribution is 7.99. The third-order valence-corrected chi connectivity index (χ3v) is 5.67. The summed E-state index contributed by atoms with van der Waals surface area (Å²) in [4.78, 5) is 1.71. The van der Waals surface area contributed by atoms with Crippen LogP contribution in [-0.2, 0) is 11.3 Å². The van der Waals surface area contributed by atoms with E-state index in [9.17, 15) is 17.6 Å². The second kappa shape index (κ2) is 8.60. The second-order valence-electron chi connectivity index (χ2n) is 6.53. The van der Waals surface area contributed by atoms with E-state index in [1.807, 2.05) is 0 Å². The number of ether oxygens (including phenoxy) is 2. The van der Waals surface area contributed by atoms with Gasteiger partial charge in [-0.1, -0.05) is 0 Å². The molecule has 0 amide bonds. The van der Waals surface area contributed by atoms with E-state index in [0.29, 0.717) is 42.1 Å². The van der Waals surface area contributed by atoms with Crippen LogP contribution in [-0.4, -0.2) is 39.6 Å². The number of nitrogens with zero attached hydrogens (tertiary/aromatic N) is 4. The summed E-state index contributed by atoms with van der Waals surface area (Å²) in [5, 5.41) is 8.21. The maximum Gasteiger partial charge on any atom is 0.252 e. The minimum Gasteiger partial charge on any atom is -0.497 e. The van der Waals surface area contributed by atoms with Gasteiger partial charge in [-0.2, -0.15) is 13.8 Å². The van der Waals surface area contributed by atoms with Gasteiger partial charge in [0.15, 0.2) is 22.6 Å². The summed E-state index contributed by atoms with van der Waals surface area (Å²) in [5.74, 6) is -5.56. The quantitative estimate of drug-likeness (QED) is 0.422. The first-order valence-electron chi connectivity index (χ1n) is 9.05. The Morgan fingerprint density at radius 1 is 1.10 bits per heavy atom. The summed E-state index contributed by atoms with van der Waals surface area (Å²) in [6, 6.07) is 6.99. The molecule has 0 radical (unpaired) electrons. The molecule has 0 saturated carbocycles. The van der Waals surface area contributed by atoms with Gasteiger partial charge in [-0.3, -0.25) is 4.57 Å². The topological polar surface area (TPSA) is 62.1 Å². The van der Waals surface area contributed by atoms with Crippen LogP contribution >= 0.6 is 11.8 Å². The summed E-state index contributed by atoms with van der Waals surface area (Å²) < 4.78 is 67.7. The van der Waals surface area contributed by atoms with Crippen molar-refractivity contribution in [3.63, 3.8) is 0 Å². The number of methoxy groups -OCH3 is 1. The molecule has 1 aliphatic rings. The summed E-state index contributed by atoms with van der Waals surface area (Å²) in [6.45, 7) is 0.924. The molecule has 1 aliphatic heterocycles. The van der Waals surface area contributed by atoms with E-state index >= 15 is 0 Å². The summed E-state index contributed by atoms with van der Waals surface area (Å²) in [7, 11) is 1.54. The zero-order chi connectivity index (χ0) is 21.3. The van der Waals surface area contributed by atoms with Crippen molar-refractivity contribution < 1.29 is 27.0 Å². The number of pyridine rings is 1. The zero-order valence-electron chi connectivity index (χ0n) is 15.7. The Bertz CT molecular complexity index is 1030. The second-order valence-corrected chi connectivity index (χ2v) is 7.51. The molecule has 1 aromatic carbocycles. The van der Waals surface area contributed by atoms with Gasteiger partial charge in [-0.05, 0) is 48.9 Å². The molecule has 0 spiro atoms. The smallest absolute Gasteiger partial charge is 0.252 e. The van der Waals surface area contributed by atoms with E-state index in [1.165, 1.54) is 0 Å². The number of rotatable bonds is 6. The maximum absolute atomic E-state index is 14.1. The fourth-order valence-electron chi connectivity index (χ4n) is 3.12. The molecule has 0 bridgehead atoms. The van der Waals surface area contributed by atoms with Gasteiger partial charge in [0.25, 0.3) is 11.9 Å². The largest absolute Gasteiger partial charge is 0.497 e. The summed E-state index contributed by atoms with van der Waals surface area (Å²) in [5.41, 5.74) is 0.682. The third kappa shape index (κ3) is 3.99. The van der Waals surface area contributed by atoms with Crippen molar-refractivity contribution in [2.45, 2.75) is 35.5 Å². The summed E-state index contributed by atoms with van der Waals surface area (Å²) in [6.07, 6.45) is 1.54. The average Bonchev–Trinajstić information content (AvgIpc) is 3.40. The predicted molar refractivity (Wildman–Crippen MR) is 99.2 cm³/mol. The van der Waals surface area contributed by atoms with Gasteiger partial charge >= 0.3 is 0 Å². The predicted octanol–water partition coefficient (Wildman–Crippen LogP) is 4.24. The Balaban J connectivity index is 1.75. The molecule has 3 aromatic rings. The molecule has 30 heavy (non-hydrogen) atoms. The third-order valence-electron chi connectivity index (χ3n) is 4.63. The van der Waals surface area contributed by atoms with Crippen molar-refractivity contribution in [3.05, 3.63) is 47.8 Å². The first-order chi connectivity index (χ1) is 14.5. The van der Waals surface area contributed by atoms with Crippen LogP contribution in [0.2, 0.25) is 0 Å². The minimum atomic E-state index is -1.73. The van der Waals surface area contributed by atoms with Crippen LogP contribution in [0.25, 0.3) is 11.4 Å². The maximum atomic E-state index is 14.1.